The molecule has 2 saturated heterocycles. The van der Waals surface area contributed by atoms with Crippen LogP contribution < -0.4 is 16.0 Å². The van der Waals surface area contributed by atoms with Gasteiger partial charge in [-0.3, -0.25) is 24.0 Å². The van der Waals surface area contributed by atoms with E-state index in [0.717, 1.165) is 17.0 Å². The van der Waals surface area contributed by atoms with E-state index in [0.29, 0.717) is 25.2 Å². The number of hydrogen-bond acceptors (Lipinski definition) is 5. The number of amides is 4. The molecule has 0 unspecified atom stereocenters. The fraction of sp³-hybridized carbons (Fsp3) is 0.483. The van der Waals surface area contributed by atoms with E-state index in [1.807, 2.05) is 24.3 Å². The number of carbonyl (C=O) groups is 5. The molecule has 10 heteroatoms. The normalized spacial score (nSPS) is 26.3. The molecule has 3 aliphatic rings. The Kier molecular flexibility index (Phi) is 6.82. The summed E-state index contributed by atoms with van der Waals surface area (Å²) in [5, 5.41) is 9.23. The Bertz CT molecular complexity index is 1330. The molecule has 1 aromatic heterocycles. The number of nitrogens with one attached hydrogen (secondary N) is 4. The van der Waals surface area contributed by atoms with Crippen LogP contribution in [0.2, 0.25) is 0 Å². The highest BCUT2D eigenvalue weighted by atomic mass is 16.2. The average Bonchev–Trinajstić information content (AvgIpc) is 3.42. The number of likely N-dealkylation sites (tertiary alicyclic amines) is 1. The summed E-state index contributed by atoms with van der Waals surface area (Å²) in [4.78, 5) is 69.5. The third-order valence-electron chi connectivity index (χ3n) is 8.80. The van der Waals surface area contributed by atoms with Gasteiger partial charge in [0.25, 0.3) is 5.91 Å². The first kappa shape index (κ1) is 26.6. The van der Waals surface area contributed by atoms with E-state index in [-0.39, 0.29) is 47.2 Å². The molecule has 0 radical (unpaired) electrons. The van der Waals surface area contributed by atoms with Gasteiger partial charge in [0.1, 0.15) is 17.8 Å². The summed E-state index contributed by atoms with van der Waals surface area (Å²) in [6.45, 7) is 10.2. The molecule has 3 heterocycles. The Morgan fingerprint density at radius 1 is 1.21 bits per heavy atom. The van der Waals surface area contributed by atoms with Crippen molar-refractivity contribution >= 4 is 40.3 Å². The Morgan fingerprint density at radius 3 is 2.62 bits per heavy atom. The molecule has 5 rings (SSSR count). The summed E-state index contributed by atoms with van der Waals surface area (Å²) in [5.41, 5.74) is 1.04. The van der Waals surface area contributed by atoms with Gasteiger partial charge in [-0.05, 0) is 55.2 Å². The molecule has 1 saturated carbocycles. The average molecular weight is 534 g/mol. The van der Waals surface area contributed by atoms with Crippen LogP contribution in [0.5, 0.6) is 0 Å². The Hall–Kier alpha value is -3.95. The second-order valence-corrected chi connectivity index (χ2v) is 11.5. The molecule has 10 nitrogen and oxygen atoms in total. The van der Waals surface area contributed by atoms with E-state index in [9.17, 15) is 24.0 Å². The zero-order chi connectivity index (χ0) is 28.1. The lowest BCUT2D eigenvalue weighted by Crippen LogP contribution is -2.57. The molecule has 1 aliphatic carbocycles. The lowest BCUT2D eigenvalue weighted by Gasteiger charge is -2.33. The molecule has 2 aliphatic heterocycles. The minimum absolute atomic E-state index is 0.0627. The monoisotopic (exact) mass is 533 g/mol. The van der Waals surface area contributed by atoms with E-state index < -0.39 is 29.9 Å². The molecule has 4 amide bonds. The van der Waals surface area contributed by atoms with Crippen LogP contribution in [0.25, 0.3) is 10.9 Å². The predicted octanol–water partition coefficient (Wildman–Crippen LogP) is 1.54. The third kappa shape index (κ3) is 4.84. The number of fused-ring (bicyclic) bond motifs is 2. The van der Waals surface area contributed by atoms with Crippen molar-refractivity contribution in [2.45, 2.75) is 51.7 Å². The summed E-state index contributed by atoms with van der Waals surface area (Å²) in [5.74, 6) is -1.99. The fourth-order valence-electron chi connectivity index (χ4n) is 6.39. The van der Waals surface area contributed by atoms with Gasteiger partial charge in [0.15, 0.2) is 5.78 Å². The predicted molar refractivity (Wildman–Crippen MR) is 144 cm³/mol. The number of benzene rings is 1. The molecule has 206 valence electrons. The summed E-state index contributed by atoms with van der Waals surface area (Å²) >= 11 is 0. The number of rotatable bonds is 9. The maximum atomic E-state index is 13.7. The van der Waals surface area contributed by atoms with Crippen molar-refractivity contribution in [3.8, 4) is 0 Å². The van der Waals surface area contributed by atoms with Gasteiger partial charge in [0.05, 0.1) is 6.04 Å². The molecular weight excluding hydrogens is 498 g/mol. The van der Waals surface area contributed by atoms with Gasteiger partial charge >= 0.3 is 0 Å². The molecule has 4 N–H and O–H groups in total. The van der Waals surface area contributed by atoms with Gasteiger partial charge < -0.3 is 25.8 Å². The number of carbonyl (C=O) groups excluding carboxylic acids is 5. The summed E-state index contributed by atoms with van der Waals surface area (Å²) in [7, 11) is 0. The van der Waals surface area contributed by atoms with Gasteiger partial charge in [-0.1, -0.05) is 38.6 Å². The van der Waals surface area contributed by atoms with E-state index >= 15 is 0 Å². The Labute approximate surface area is 226 Å². The van der Waals surface area contributed by atoms with Crippen molar-refractivity contribution in [2.24, 2.45) is 23.2 Å². The number of nitrogens with zero attached hydrogens (tertiary/aromatic N) is 1. The number of para-hydroxylation sites is 1. The summed E-state index contributed by atoms with van der Waals surface area (Å²) in [6, 6.07) is 6.69. The quantitative estimate of drug-likeness (QED) is 0.362. The molecule has 6 atom stereocenters. The topological polar surface area (TPSA) is 140 Å². The summed E-state index contributed by atoms with van der Waals surface area (Å²) in [6.07, 6.45) is 1.92. The first-order valence-corrected chi connectivity index (χ1v) is 13.5. The van der Waals surface area contributed by atoms with Crippen LogP contribution in [0, 0.1) is 23.2 Å². The minimum Gasteiger partial charge on any atom is -0.356 e. The van der Waals surface area contributed by atoms with Crippen molar-refractivity contribution in [1.29, 1.82) is 0 Å². The fourth-order valence-corrected chi connectivity index (χ4v) is 6.39. The lowest BCUT2D eigenvalue weighted by atomic mass is 9.94. The van der Waals surface area contributed by atoms with E-state index in [2.05, 4.69) is 41.4 Å². The van der Waals surface area contributed by atoms with Crippen LogP contribution in [0.4, 0.5) is 0 Å². The minimum atomic E-state index is -0.902. The maximum Gasteiger partial charge on any atom is 0.268 e. The molecule has 2 aromatic rings. The molecule has 0 bridgehead atoms. The zero-order valence-corrected chi connectivity index (χ0v) is 22.5. The molecule has 39 heavy (non-hydrogen) atoms. The Morgan fingerprint density at radius 2 is 1.95 bits per heavy atom. The zero-order valence-electron chi connectivity index (χ0n) is 22.5. The van der Waals surface area contributed by atoms with E-state index in [1.165, 1.54) is 4.90 Å². The molecule has 0 spiro atoms. The summed E-state index contributed by atoms with van der Waals surface area (Å²) < 4.78 is 0. The van der Waals surface area contributed by atoms with E-state index in [1.54, 1.807) is 13.0 Å². The highest BCUT2D eigenvalue weighted by Gasteiger charge is 2.69. The van der Waals surface area contributed by atoms with Crippen LogP contribution in [-0.4, -0.2) is 70.5 Å². The maximum absolute atomic E-state index is 13.7. The first-order valence-electron chi connectivity index (χ1n) is 13.5. The third-order valence-corrected chi connectivity index (χ3v) is 8.80. The standard InChI is InChI=1S/C29H35N5O5/c1-5-22(35)20(13-17-10-11-30-25(17)36)33-27(38)24-23-18(29(23,3)4)14-34(24)28(39)15(2)31-26(37)21-12-16-8-6-7-9-19(16)32-21/h5-9,12,15,17-18,20,23-24,32H,1,10-11,13-14H2,2-4H3,(H,30,36)(H,31,37)(H,33,38)/t15-,17-,18-,20-,23-,24-/m0/s1. The number of ketones is 1. The van der Waals surface area contributed by atoms with Gasteiger partial charge in [-0.2, -0.15) is 0 Å². The first-order chi connectivity index (χ1) is 18.5. The van der Waals surface area contributed by atoms with Gasteiger partial charge in [-0.25, -0.2) is 0 Å². The van der Waals surface area contributed by atoms with E-state index in [4.69, 9.17) is 0 Å². The second-order valence-electron chi connectivity index (χ2n) is 11.5. The Balaban J connectivity index is 1.29. The van der Waals surface area contributed by atoms with Gasteiger partial charge in [-0.15, -0.1) is 0 Å². The van der Waals surface area contributed by atoms with Gasteiger partial charge in [0.2, 0.25) is 17.7 Å². The molecule has 1 aromatic carbocycles. The van der Waals surface area contributed by atoms with Crippen LogP contribution in [-0.2, 0) is 19.2 Å². The van der Waals surface area contributed by atoms with Crippen molar-refractivity contribution in [2.75, 3.05) is 13.1 Å². The SMILES string of the molecule is C=CC(=O)[C@H](C[C@@H]1CCNC1=O)NC(=O)[C@@H]1[C@@H]2[C@H](CN1C(=O)[C@H](C)NC(=O)c1cc3ccccc3[nH]1)C2(C)C. The van der Waals surface area contributed by atoms with Crippen LogP contribution in [0.15, 0.2) is 43.0 Å². The van der Waals surface area contributed by atoms with Crippen LogP contribution >= 0.6 is 0 Å². The van der Waals surface area contributed by atoms with Crippen molar-refractivity contribution in [3.63, 3.8) is 0 Å². The number of aromatic nitrogens is 1. The van der Waals surface area contributed by atoms with Crippen molar-refractivity contribution in [1.82, 2.24) is 25.8 Å². The number of hydrogen-bond donors (Lipinski definition) is 4. The number of piperidine rings is 1. The van der Waals surface area contributed by atoms with Gasteiger partial charge in [0, 0.05) is 29.9 Å². The highest BCUT2D eigenvalue weighted by molar-refractivity contribution is 6.01. The number of aromatic amines is 1. The second kappa shape index (κ2) is 9.98. The smallest absolute Gasteiger partial charge is 0.268 e. The van der Waals surface area contributed by atoms with Crippen LogP contribution in [0.1, 0.15) is 44.1 Å². The van der Waals surface area contributed by atoms with Crippen molar-refractivity contribution in [3.05, 3.63) is 48.7 Å². The van der Waals surface area contributed by atoms with Crippen molar-refractivity contribution < 1.29 is 24.0 Å². The molecular formula is C29H35N5O5. The highest BCUT2D eigenvalue weighted by Crippen LogP contribution is 2.64. The lowest BCUT2D eigenvalue weighted by molar-refractivity contribution is -0.142. The van der Waals surface area contributed by atoms with Crippen LogP contribution in [0.3, 0.4) is 0 Å². The largest absolute Gasteiger partial charge is 0.356 e. The molecule has 3 fully saturated rings. The number of H-pyrrole nitrogens is 1.